The van der Waals surface area contributed by atoms with Gasteiger partial charge in [-0.2, -0.15) is 5.10 Å². The summed E-state index contributed by atoms with van der Waals surface area (Å²) in [5, 5.41) is 4.19. The maximum absolute atomic E-state index is 14.1. The molecular formula is C16H21BrF2N2OSi. The Balaban J connectivity index is 2.12. The smallest absolute Gasteiger partial charge is 0.167 e. The zero-order valence-electron chi connectivity index (χ0n) is 13.8. The molecule has 1 aromatic carbocycles. The van der Waals surface area contributed by atoms with Gasteiger partial charge in [0.2, 0.25) is 0 Å². The molecule has 7 heteroatoms. The minimum Gasteiger partial charge on any atom is -0.359 e. The fourth-order valence-electron chi connectivity index (χ4n) is 2.02. The van der Waals surface area contributed by atoms with Gasteiger partial charge in [-0.05, 0) is 34.5 Å². The normalized spacial score (nSPS) is 12.0. The van der Waals surface area contributed by atoms with Gasteiger partial charge in [-0.1, -0.05) is 31.8 Å². The quantitative estimate of drug-likeness (QED) is 0.489. The Morgan fingerprint density at radius 2 is 1.87 bits per heavy atom. The molecule has 126 valence electrons. The number of ether oxygens (including phenoxy) is 1. The Morgan fingerprint density at radius 1 is 1.17 bits per heavy atom. The number of nitrogens with zero attached hydrogens (tertiary/aromatic N) is 2. The number of hydrogen-bond acceptors (Lipinski definition) is 2. The Labute approximate surface area is 144 Å². The zero-order chi connectivity index (χ0) is 17.2. The highest BCUT2D eigenvalue weighted by molar-refractivity contribution is 9.10. The largest absolute Gasteiger partial charge is 0.359 e. The predicted octanol–water partition coefficient (Wildman–Crippen LogP) is 5.21. The van der Waals surface area contributed by atoms with Crippen LogP contribution in [0.4, 0.5) is 8.78 Å². The third-order valence-corrected chi connectivity index (χ3v) is 6.09. The van der Waals surface area contributed by atoms with Gasteiger partial charge in [0.05, 0.1) is 6.20 Å². The first-order valence-electron chi connectivity index (χ1n) is 7.45. The third-order valence-electron chi connectivity index (χ3n) is 3.55. The summed E-state index contributed by atoms with van der Waals surface area (Å²) in [6, 6.07) is 4.18. The van der Waals surface area contributed by atoms with Crippen LogP contribution in [0.3, 0.4) is 0 Å². The van der Waals surface area contributed by atoms with Crippen LogP contribution in [-0.2, 0) is 11.5 Å². The van der Waals surface area contributed by atoms with Crippen LogP contribution in [0, 0.1) is 18.6 Å². The average Bonchev–Trinajstić information content (AvgIpc) is 2.82. The number of aromatic nitrogens is 2. The summed E-state index contributed by atoms with van der Waals surface area (Å²) in [4.78, 5) is 0. The van der Waals surface area contributed by atoms with E-state index in [1.54, 1.807) is 16.8 Å². The van der Waals surface area contributed by atoms with Gasteiger partial charge in [-0.25, -0.2) is 13.5 Å². The van der Waals surface area contributed by atoms with E-state index in [0.717, 1.165) is 6.04 Å². The van der Waals surface area contributed by atoms with Crippen LogP contribution in [-0.4, -0.2) is 24.5 Å². The lowest BCUT2D eigenvalue weighted by atomic mass is 10.1. The van der Waals surface area contributed by atoms with Crippen LogP contribution in [0.25, 0.3) is 11.1 Å². The monoisotopic (exact) mass is 402 g/mol. The lowest BCUT2D eigenvalue weighted by Crippen LogP contribution is -2.22. The maximum atomic E-state index is 14.1. The number of hydrogen-bond donors (Lipinski definition) is 0. The summed E-state index contributed by atoms with van der Waals surface area (Å²) in [5.74, 6) is -1.68. The molecule has 2 rings (SSSR count). The van der Waals surface area contributed by atoms with E-state index in [4.69, 9.17) is 4.74 Å². The summed E-state index contributed by atoms with van der Waals surface area (Å²) in [7, 11) is -1.13. The molecule has 0 saturated carbocycles. The van der Waals surface area contributed by atoms with Crippen LogP contribution in [0.15, 0.2) is 22.9 Å². The summed E-state index contributed by atoms with van der Waals surface area (Å²) in [6.07, 6.45) is 1.51. The first-order valence-corrected chi connectivity index (χ1v) is 11.9. The van der Waals surface area contributed by atoms with Crippen LogP contribution < -0.4 is 0 Å². The molecule has 0 saturated heterocycles. The highest BCUT2D eigenvalue weighted by Crippen LogP contribution is 2.32. The first kappa shape index (κ1) is 18.3. The van der Waals surface area contributed by atoms with Crippen molar-refractivity contribution in [2.24, 2.45) is 0 Å². The summed E-state index contributed by atoms with van der Waals surface area (Å²) < 4.78 is 35.7. The van der Waals surface area contributed by atoms with Gasteiger partial charge in [-0.3, -0.25) is 0 Å². The van der Waals surface area contributed by atoms with Gasteiger partial charge in [-0.15, -0.1) is 0 Å². The SMILES string of the molecule is Cc1ccc(-c2cnn(COCC[Si](C)(C)C)c2Br)c(F)c1F. The van der Waals surface area contributed by atoms with Gasteiger partial charge in [0.15, 0.2) is 11.6 Å². The molecule has 0 radical (unpaired) electrons. The van der Waals surface area contributed by atoms with E-state index in [1.807, 2.05) is 0 Å². The number of aryl methyl sites for hydroxylation is 1. The average molecular weight is 403 g/mol. The maximum Gasteiger partial charge on any atom is 0.167 e. The van der Waals surface area contributed by atoms with Crippen LogP contribution in [0.1, 0.15) is 5.56 Å². The van der Waals surface area contributed by atoms with Crippen LogP contribution in [0.2, 0.25) is 25.7 Å². The Morgan fingerprint density at radius 3 is 2.52 bits per heavy atom. The van der Waals surface area contributed by atoms with Crippen molar-refractivity contribution in [2.75, 3.05) is 6.61 Å². The summed E-state index contributed by atoms with van der Waals surface area (Å²) >= 11 is 3.40. The van der Waals surface area contributed by atoms with E-state index in [9.17, 15) is 8.78 Å². The summed E-state index contributed by atoms with van der Waals surface area (Å²) in [6.45, 7) is 9.34. The molecule has 1 heterocycles. The molecule has 0 atom stereocenters. The second-order valence-electron chi connectivity index (χ2n) is 6.75. The van der Waals surface area contributed by atoms with E-state index < -0.39 is 19.7 Å². The van der Waals surface area contributed by atoms with E-state index >= 15 is 0 Å². The second kappa shape index (κ2) is 7.23. The topological polar surface area (TPSA) is 27.1 Å². The molecule has 0 aliphatic carbocycles. The van der Waals surface area contributed by atoms with Crippen LogP contribution >= 0.6 is 15.9 Å². The summed E-state index contributed by atoms with van der Waals surface area (Å²) in [5.41, 5.74) is 0.980. The van der Waals surface area contributed by atoms with Crippen molar-refractivity contribution in [3.8, 4) is 11.1 Å². The van der Waals surface area contributed by atoms with Crippen molar-refractivity contribution >= 4 is 24.0 Å². The number of rotatable bonds is 6. The molecule has 0 bridgehead atoms. The van der Waals surface area contributed by atoms with Crippen molar-refractivity contribution in [3.05, 3.63) is 40.1 Å². The lowest BCUT2D eigenvalue weighted by Gasteiger charge is -2.15. The van der Waals surface area contributed by atoms with Gasteiger partial charge in [0, 0.05) is 25.8 Å². The lowest BCUT2D eigenvalue weighted by molar-refractivity contribution is 0.0770. The predicted molar refractivity (Wildman–Crippen MR) is 94.1 cm³/mol. The Bertz CT molecular complexity index is 698. The van der Waals surface area contributed by atoms with Gasteiger partial charge in [0.1, 0.15) is 11.3 Å². The van der Waals surface area contributed by atoms with Crippen molar-refractivity contribution in [3.63, 3.8) is 0 Å². The third kappa shape index (κ3) is 4.48. The molecule has 2 aromatic rings. The standard InChI is InChI=1S/C16H21BrF2N2OSi/c1-11-5-6-12(15(19)14(11)18)13-9-20-21(16(13)17)10-22-7-8-23(2,3)4/h5-6,9H,7-8,10H2,1-4H3. The molecule has 0 spiro atoms. The Kier molecular flexibility index (Phi) is 5.75. The van der Waals surface area contributed by atoms with E-state index in [2.05, 4.69) is 40.7 Å². The van der Waals surface area contributed by atoms with E-state index in [-0.39, 0.29) is 17.9 Å². The van der Waals surface area contributed by atoms with Crippen molar-refractivity contribution in [2.45, 2.75) is 39.3 Å². The van der Waals surface area contributed by atoms with E-state index in [0.29, 0.717) is 16.8 Å². The zero-order valence-corrected chi connectivity index (χ0v) is 16.4. The van der Waals surface area contributed by atoms with Crippen molar-refractivity contribution in [1.29, 1.82) is 0 Å². The number of benzene rings is 1. The fraction of sp³-hybridized carbons (Fsp3) is 0.438. The van der Waals surface area contributed by atoms with Crippen molar-refractivity contribution in [1.82, 2.24) is 9.78 Å². The first-order chi connectivity index (χ1) is 10.7. The molecule has 0 N–H and O–H groups in total. The molecular weight excluding hydrogens is 382 g/mol. The van der Waals surface area contributed by atoms with Crippen molar-refractivity contribution < 1.29 is 13.5 Å². The molecule has 0 aliphatic rings. The molecule has 1 aromatic heterocycles. The van der Waals surface area contributed by atoms with E-state index in [1.165, 1.54) is 13.1 Å². The second-order valence-corrected chi connectivity index (χ2v) is 13.1. The highest BCUT2D eigenvalue weighted by Gasteiger charge is 2.18. The van der Waals surface area contributed by atoms with Gasteiger partial charge >= 0.3 is 0 Å². The highest BCUT2D eigenvalue weighted by atomic mass is 79.9. The number of halogens is 3. The molecule has 0 aliphatic heterocycles. The fourth-order valence-corrected chi connectivity index (χ4v) is 3.29. The minimum atomic E-state index is -1.13. The molecule has 0 fully saturated rings. The van der Waals surface area contributed by atoms with Crippen LogP contribution in [0.5, 0.6) is 0 Å². The molecule has 23 heavy (non-hydrogen) atoms. The molecule has 0 unspecified atom stereocenters. The van der Waals surface area contributed by atoms with Gasteiger partial charge in [0.25, 0.3) is 0 Å². The van der Waals surface area contributed by atoms with Gasteiger partial charge < -0.3 is 4.74 Å². The molecule has 0 amide bonds. The minimum absolute atomic E-state index is 0.188. The molecule has 3 nitrogen and oxygen atoms in total. The Hall–Kier alpha value is -1.05.